The Morgan fingerprint density at radius 3 is 2.57 bits per heavy atom. The molecule has 0 saturated carbocycles. The fourth-order valence-corrected chi connectivity index (χ4v) is 2.86. The number of hydrogen-bond acceptors (Lipinski definition) is 3. The van der Waals surface area contributed by atoms with Crippen LogP contribution in [-0.4, -0.2) is 27.1 Å². The minimum atomic E-state index is 0.0956. The van der Waals surface area contributed by atoms with Crippen LogP contribution in [0.2, 0.25) is 0 Å². The SMILES string of the molecule is CC(C)n1cc(CNC(=O)CCN2Cc3ccccc3C2)cn1. The zero-order valence-electron chi connectivity index (χ0n) is 13.8. The Labute approximate surface area is 137 Å². The zero-order valence-corrected chi connectivity index (χ0v) is 13.8. The first-order chi connectivity index (χ1) is 11.1. The monoisotopic (exact) mass is 312 g/mol. The molecule has 1 aliphatic heterocycles. The van der Waals surface area contributed by atoms with Gasteiger partial charge in [0.05, 0.1) is 6.20 Å². The largest absolute Gasteiger partial charge is 0.352 e. The molecule has 3 rings (SSSR count). The molecule has 0 radical (unpaired) electrons. The number of nitrogens with zero attached hydrogens (tertiary/aromatic N) is 3. The summed E-state index contributed by atoms with van der Waals surface area (Å²) in [7, 11) is 0. The van der Waals surface area contributed by atoms with Gasteiger partial charge < -0.3 is 5.32 Å². The molecule has 0 saturated heterocycles. The molecule has 0 bridgehead atoms. The van der Waals surface area contributed by atoms with Gasteiger partial charge in [-0.05, 0) is 25.0 Å². The fraction of sp³-hybridized carbons (Fsp3) is 0.444. The first kappa shape index (κ1) is 15.7. The van der Waals surface area contributed by atoms with Crippen molar-refractivity contribution < 1.29 is 4.79 Å². The maximum absolute atomic E-state index is 12.0. The predicted molar refractivity (Wildman–Crippen MR) is 89.6 cm³/mol. The van der Waals surface area contributed by atoms with Gasteiger partial charge in [-0.1, -0.05) is 24.3 Å². The van der Waals surface area contributed by atoms with Crippen molar-refractivity contribution in [3.63, 3.8) is 0 Å². The molecule has 1 amide bonds. The van der Waals surface area contributed by atoms with Crippen LogP contribution in [0.15, 0.2) is 36.7 Å². The van der Waals surface area contributed by atoms with Crippen molar-refractivity contribution in [1.82, 2.24) is 20.0 Å². The first-order valence-electron chi connectivity index (χ1n) is 8.20. The first-order valence-corrected chi connectivity index (χ1v) is 8.20. The van der Waals surface area contributed by atoms with Crippen molar-refractivity contribution >= 4 is 5.91 Å². The Morgan fingerprint density at radius 1 is 1.26 bits per heavy atom. The van der Waals surface area contributed by atoms with Crippen molar-refractivity contribution in [2.75, 3.05) is 6.54 Å². The van der Waals surface area contributed by atoms with Crippen molar-refractivity contribution in [3.05, 3.63) is 53.3 Å². The maximum Gasteiger partial charge on any atom is 0.221 e. The summed E-state index contributed by atoms with van der Waals surface area (Å²) in [6, 6.07) is 8.83. The van der Waals surface area contributed by atoms with Crippen molar-refractivity contribution in [3.8, 4) is 0 Å². The Hall–Kier alpha value is -2.14. The Morgan fingerprint density at radius 2 is 1.96 bits per heavy atom. The van der Waals surface area contributed by atoms with Crippen molar-refractivity contribution in [1.29, 1.82) is 0 Å². The van der Waals surface area contributed by atoms with Gasteiger partial charge in [-0.3, -0.25) is 14.4 Å². The summed E-state index contributed by atoms with van der Waals surface area (Å²) in [5.74, 6) is 0.0956. The topological polar surface area (TPSA) is 50.2 Å². The highest BCUT2D eigenvalue weighted by Crippen LogP contribution is 2.21. The van der Waals surface area contributed by atoms with E-state index in [1.165, 1.54) is 11.1 Å². The summed E-state index contributed by atoms with van der Waals surface area (Å²) < 4.78 is 1.91. The van der Waals surface area contributed by atoms with Crippen LogP contribution in [0.3, 0.4) is 0 Å². The quantitative estimate of drug-likeness (QED) is 0.891. The summed E-state index contributed by atoms with van der Waals surface area (Å²) in [5.41, 5.74) is 3.81. The van der Waals surface area contributed by atoms with Crippen LogP contribution in [0.1, 0.15) is 43.0 Å². The van der Waals surface area contributed by atoms with Gasteiger partial charge in [0.1, 0.15) is 0 Å². The molecule has 2 aromatic rings. The highest BCUT2D eigenvalue weighted by Gasteiger charge is 2.18. The molecule has 0 spiro atoms. The number of rotatable bonds is 6. The standard InChI is InChI=1S/C18H24N4O/c1-14(2)22-11-15(10-20-22)9-19-18(23)7-8-21-12-16-5-3-4-6-17(16)13-21/h3-6,10-11,14H,7-9,12-13H2,1-2H3,(H,19,23). The molecule has 1 aromatic carbocycles. The molecule has 2 heterocycles. The van der Waals surface area contributed by atoms with Crippen LogP contribution in [0.5, 0.6) is 0 Å². The number of carbonyl (C=O) groups is 1. The van der Waals surface area contributed by atoms with Crippen LogP contribution in [0.4, 0.5) is 0 Å². The molecule has 0 atom stereocenters. The molecular weight excluding hydrogens is 288 g/mol. The number of hydrogen-bond donors (Lipinski definition) is 1. The molecule has 1 aromatic heterocycles. The molecular formula is C18H24N4O. The van der Waals surface area contributed by atoms with Gasteiger partial charge in [0, 0.05) is 50.4 Å². The van der Waals surface area contributed by atoms with E-state index >= 15 is 0 Å². The fourth-order valence-electron chi connectivity index (χ4n) is 2.86. The second-order valence-electron chi connectivity index (χ2n) is 6.43. The number of nitrogens with one attached hydrogen (secondary N) is 1. The van der Waals surface area contributed by atoms with Crippen molar-refractivity contribution in [2.24, 2.45) is 0 Å². The summed E-state index contributed by atoms with van der Waals surface area (Å²) in [4.78, 5) is 14.3. The molecule has 0 aliphatic carbocycles. The lowest BCUT2D eigenvalue weighted by Crippen LogP contribution is -2.28. The van der Waals surface area contributed by atoms with Gasteiger partial charge in [-0.15, -0.1) is 0 Å². The molecule has 1 N–H and O–H groups in total. The number of carbonyl (C=O) groups excluding carboxylic acids is 1. The Bertz CT molecular complexity index is 652. The number of amides is 1. The second kappa shape index (κ2) is 6.96. The molecule has 1 aliphatic rings. The predicted octanol–water partition coefficient (Wildman–Crippen LogP) is 2.49. The van der Waals surface area contributed by atoms with E-state index in [1.807, 2.05) is 17.1 Å². The van der Waals surface area contributed by atoms with Gasteiger partial charge in [0.25, 0.3) is 0 Å². The highest BCUT2D eigenvalue weighted by atomic mass is 16.1. The van der Waals surface area contributed by atoms with Gasteiger partial charge in [-0.2, -0.15) is 5.10 Å². The summed E-state index contributed by atoms with van der Waals surface area (Å²) in [5, 5.41) is 7.26. The van der Waals surface area contributed by atoms with Crippen LogP contribution in [-0.2, 0) is 24.4 Å². The molecule has 122 valence electrons. The molecule has 5 heteroatoms. The zero-order chi connectivity index (χ0) is 16.2. The third-order valence-electron chi connectivity index (χ3n) is 4.24. The Kier molecular flexibility index (Phi) is 4.76. The molecule has 0 fully saturated rings. The van der Waals surface area contributed by atoms with E-state index in [4.69, 9.17) is 0 Å². The summed E-state index contributed by atoms with van der Waals surface area (Å²) in [6.45, 7) is 7.42. The lowest BCUT2D eigenvalue weighted by Gasteiger charge is -2.14. The van der Waals surface area contributed by atoms with Gasteiger partial charge >= 0.3 is 0 Å². The van der Waals surface area contributed by atoms with Gasteiger partial charge in [0.15, 0.2) is 0 Å². The summed E-state index contributed by atoms with van der Waals surface area (Å²) in [6.07, 6.45) is 4.34. The third-order valence-corrected chi connectivity index (χ3v) is 4.24. The van der Waals surface area contributed by atoms with E-state index < -0.39 is 0 Å². The average Bonchev–Trinajstić information content (AvgIpc) is 3.17. The third kappa shape index (κ3) is 3.99. The van der Waals surface area contributed by atoms with Gasteiger partial charge in [0.2, 0.25) is 5.91 Å². The van der Waals surface area contributed by atoms with E-state index in [2.05, 4.69) is 53.4 Å². The number of benzene rings is 1. The molecule has 23 heavy (non-hydrogen) atoms. The van der Waals surface area contributed by atoms with Crippen LogP contribution < -0.4 is 5.32 Å². The summed E-state index contributed by atoms with van der Waals surface area (Å²) >= 11 is 0. The molecule has 5 nitrogen and oxygen atoms in total. The second-order valence-corrected chi connectivity index (χ2v) is 6.43. The van der Waals surface area contributed by atoms with E-state index in [0.29, 0.717) is 19.0 Å². The van der Waals surface area contributed by atoms with Crippen LogP contribution in [0.25, 0.3) is 0 Å². The highest BCUT2D eigenvalue weighted by molar-refractivity contribution is 5.76. The lowest BCUT2D eigenvalue weighted by molar-refractivity contribution is -0.121. The van der Waals surface area contributed by atoms with Crippen LogP contribution >= 0.6 is 0 Å². The maximum atomic E-state index is 12.0. The average molecular weight is 312 g/mol. The Balaban J connectivity index is 1.40. The van der Waals surface area contributed by atoms with E-state index in [1.54, 1.807) is 0 Å². The minimum Gasteiger partial charge on any atom is -0.352 e. The molecule has 0 unspecified atom stereocenters. The normalized spacial score (nSPS) is 14.2. The van der Waals surface area contributed by atoms with E-state index in [-0.39, 0.29) is 5.91 Å². The number of fused-ring (bicyclic) bond motifs is 1. The number of aromatic nitrogens is 2. The van der Waals surface area contributed by atoms with Crippen molar-refractivity contribution in [2.45, 2.75) is 45.9 Å². The van der Waals surface area contributed by atoms with Gasteiger partial charge in [-0.25, -0.2) is 0 Å². The van der Waals surface area contributed by atoms with E-state index in [0.717, 1.165) is 25.2 Å². The minimum absolute atomic E-state index is 0.0956. The van der Waals surface area contributed by atoms with E-state index in [9.17, 15) is 4.79 Å². The lowest BCUT2D eigenvalue weighted by atomic mass is 10.1. The smallest absolute Gasteiger partial charge is 0.221 e. The van der Waals surface area contributed by atoms with Crippen LogP contribution in [0, 0.1) is 0 Å².